The van der Waals surface area contributed by atoms with Crippen LogP contribution in [0.1, 0.15) is 25.0 Å². The van der Waals surface area contributed by atoms with E-state index in [0.717, 1.165) is 12.8 Å². The Bertz CT molecular complexity index is 455. The van der Waals surface area contributed by atoms with Crippen molar-refractivity contribution in [2.45, 2.75) is 19.3 Å². The van der Waals surface area contributed by atoms with Crippen molar-refractivity contribution >= 4 is 11.5 Å². The van der Waals surface area contributed by atoms with Gasteiger partial charge < -0.3 is 10.2 Å². The van der Waals surface area contributed by atoms with E-state index >= 15 is 0 Å². The number of allylic oxidation sites excluding steroid dienone is 2. The first-order valence-electron chi connectivity index (χ1n) is 5.27. The highest BCUT2D eigenvalue weighted by molar-refractivity contribution is 6.28. The molecule has 0 bridgehead atoms. The first-order valence-corrected chi connectivity index (χ1v) is 5.27. The molecule has 1 aromatic heterocycles. The van der Waals surface area contributed by atoms with E-state index in [2.05, 4.69) is 4.99 Å². The molecule has 0 aromatic carbocycles. The van der Waals surface area contributed by atoms with Crippen molar-refractivity contribution in [3.8, 4) is 0 Å². The molecule has 2 rings (SSSR count). The maximum absolute atomic E-state index is 11.8. The van der Waals surface area contributed by atoms with E-state index < -0.39 is 0 Å². The Kier molecular flexibility index (Phi) is 2.90. The van der Waals surface area contributed by atoms with E-state index in [9.17, 15) is 4.79 Å². The van der Waals surface area contributed by atoms with Crippen LogP contribution in [0.5, 0.6) is 0 Å². The molecule has 0 spiro atoms. The fourth-order valence-corrected chi connectivity index (χ4v) is 1.91. The molecule has 0 saturated carbocycles. The third-order valence-corrected chi connectivity index (χ3v) is 2.66. The molecule has 0 amide bonds. The molecule has 1 aliphatic rings. The number of rotatable bonds is 2. The van der Waals surface area contributed by atoms with Crippen LogP contribution in [0.4, 0.5) is 0 Å². The molecular formula is C12H14N2O2. The first kappa shape index (κ1) is 10.7. The zero-order valence-corrected chi connectivity index (χ0v) is 9.19. The largest absolute Gasteiger partial charge is 0.463 e. The normalized spacial score (nSPS) is 18.1. The van der Waals surface area contributed by atoms with E-state index in [0.29, 0.717) is 29.2 Å². The highest BCUT2D eigenvalue weighted by Gasteiger charge is 2.25. The first-order chi connectivity index (χ1) is 7.74. The minimum Gasteiger partial charge on any atom is -0.463 e. The Morgan fingerprint density at radius 2 is 2.31 bits per heavy atom. The van der Waals surface area contributed by atoms with E-state index in [4.69, 9.17) is 10.2 Å². The Labute approximate surface area is 93.8 Å². The van der Waals surface area contributed by atoms with Gasteiger partial charge >= 0.3 is 0 Å². The van der Waals surface area contributed by atoms with Gasteiger partial charge in [0.05, 0.1) is 11.8 Å². The number of hydrogen-bond donors (Lipinski definition) is 1. The summed E-state index contributed by atoms with van der Waals surface area (Å²) in [6.45, 7) is 0. The van der Waals surface area contributed by atoms with Crippen molar-refractivity contribution < 1.29 is 9.21 Å². The lowest BCUT2D eigenvalue weighted by molar-refractivity contribution is -0.115. The van der Waals surface area contributed by atoms with Crippen LogP contribution < -0.4 is 5.73 Å². The minimum atomic E-state index is 0.0563. The van der Waals surface area contributed by atoms with Gasteiger partial charge in [-0.3, -0.25) is 9.79 Å². The number of nitrogens with two attached hydrogens (primary N) is 1. The minimum absolute atomic E-state index is 0.0563. The van der Waals surface area contributed by atoms with Crippen molar-refractivity contribution in [3.05, 3.63) is 35.4 Å². The van der Waals surface area contributed by atoms with Crippen LogP contribution in [0.2, 0.25) is 0 Å². The number of aliphatic imine (C=N–C) groups is 1. The van der Waals surface area contributed by atoms with Gasteiger partial charge in [0.1, 0.15) is 5.71 Å². The van der Waals surface area contributed by atoms with Crippen molar-refractivity contribution in [1.82, 2.24) is 0 Å². The number of nitrogens with zero attached hydrogens (tertiary/aromatic N) is 1. The second kappa shape index (κ2) is 4.35. The van der Waals surface area contributed by atoms with E-state index in [1.807, 2.05) is 0 Å². The van der Waals surface area contributed by atoms with Crippen LogP contribution in [0.25, 0.3) is 0 Å². The second-order valence-electron chi connectivity index (χ2n) is 3.73. The molecule has 2 N–H and O–H groups in total. The monoisotopic (exact) mass is 218 g/mol. The highest BCUT2D eigenvalue weighted by Crippen LogP contribution is 2.22. The quantitative estimate of drug-likeness (QED) is 0.767. The molecular weight excluding hydrogens is 204 g/mol. The number of carbonyl (C=O) groups is 1. The van der Waals surface area contributed by atoms with Gasteiger partial charge in [-0.2, -0.15) is 0 Å². The van der Waals surface area contributed by atoms with E-state index in [-0.39, 0.29) is 5.78 Å². The summed E-state index contributed by atoms with van der Waals surface area (Å²) < 4.78 is 5.26. The zero-order valence-electron chi connectivity index (χ0n) is 9.19. The smallest absolute Gasteiger partial charge is 0.166 e. The summed E-state index contributed by atoms with van der Waals surface area (Å²) in [6.07, 6.45) is 3.67. The average Bonchev–Trinajstić information content (AvgIpc) is 2.77. The number of Topliss-reactive ketones (excluding diaryl/α,β-unsaturated/α-hetero) is 1. The van der Waals surface area contributed by atoms with Crippen LogP contribution in [0.15, 0.2) is 39.1 Å². The molecule has 0 atom stereocenters. The van der Waals surface area contributed by atoms with Crippen LogP contribution in [-0.2, 0) is 4.79 Å². The van der Waals surface area contributed by atoms with Gasteiger partial charge in [-0.25, -0.2) is 0 Å². The summed E-state index contributed by atoms with van der Waals surface area (Å²) in [5.41, 5.74) is 7.60. The summed E-state index contributed by atoms with van der Waals surface area (Å²) in [5.74, 6) is 0.649. The van der Waals surface area contributed by atoms with Crippen molar-refractivity contribution in [2.75, 3.05) is 7.05 Å². The SMILES string of the molecule is CN=C(C1=C(N)CCCC1=O)c1ccco1. The summed E-state index contributed by atoms with van der Waals surface area (Å²) in [6, 6.07) is 3.55. The lowest BCUT2D eigenvalue weighted by Gasteiger charge is -2.16. The Morgan fingerprint density at radius 1 is 1.50 bits per heavy atom. The Hall–Kier alpha value is -1.84. The van der Waals surface area contributed by atoms with Gasteiger partial charge in [0.2, 0.25) is 0 Å². The number of hydrogen-bond acceptors (Lipinski definition) is 4. The van der Waals surface area contributed by atoms with Gasteiger partial charge in [0.25, 0.3) is 0 Å². The molecule has 0 fully saturated rings. The lowest BCUT2D eigenvalue weighted by atomic mass is 9.91. The number of carbonyl (C=O) groups excluding carboxylic acids is 1. The standard InChI is InChI=1S/C12H14N2O2/c1-14-12(10-6-3-7-16-10)11-8(13)4-2-5-9(11)15/h3,6-7H,2,4-5,13H2,1H3. The fraction of sp³-hybridized carbons (Fsp3) is 0.333. The third-order valence-electron chi connectivity index (χ3n) is 2.66. The van der Waals surface area contributed by atoms with Gasteiger partial charge in [0, 0.05) is 19.2 Å². The Balaban J connectivity index is 2.46. The van der Waals surface area contributed by atoms with Crippen LogP contribution in [-0.4, -0.2) is 18.5 Å². The zero-order chi connectivity index (χ0) is 11.5. The predicted octanol–water partition coefficient (Wildman–Crippen LogP) is 1.66. The summed E-state index contributed by atoms with van der Waals surface area (Å²) in [7, 11) is 1.64. The molecule has 0 unspecified atom stereocenters. The highest BCUT2D eigenvalue weighted by atomic mass is 16.3. The summed E-state index contributed by atoms with van der Waals surface area (Å²) in [4.78, 5) is 16.0. The molecule has 0 radical (unpaired) electrons. The van der Waals surface area contributed by atoms with E-state index in [1.54, 1.807) is 25.4 Å². The molecule has 1 aromatic rings. The summed E-state index contributed by atoms with van der Waals surface area (Å²) in [5, 5.41) is 0. The number of ketones is 1. The molecule has 16 heavy (non-hydrogen) atoms. The predicted molar refractivity (Wildman–Crippen MR) is 61.2 cm³/mol. The van der Waals surface area contributed by atoms with Gasteiger partial charge in [-0.1, -0.05) is 0 Å². The van der Waals surface area contributed by atoms with Crippen LogP contribution in [0.3, 0.4) is 0 Å². The van der Waals surface area contributed by atoms with Crippen LogP contribution in [0, 0.1) is 0 Å². The molecule has 0 saturated heterocycles. The molecule has 4 nitrogen and oxygen atoms in total. The molecule has 1 heterocycles. The maximum Gasteiger partial charge on any atom is 0.166 e. The fourth-order valence-electron chi connectivity index (χ4n) is 1.91. The maximum atomic E-state index is 11.8. The summed E-state index contributed by atoms with van der Waals surface area (Å²) >= 11 is 0. The topological polar surface area (TPSA) is 68.6 Å². The molecule has 0 aliphatic heterocycles. The van der Waals surface area contributed by atoms with E-state index in [1.165, 1.54) is 0 Å². The number of furan rings is 1. The lowest BCUT2D eigenvalue weighted by Crippen LogP contribution is -2.23. The van der Waals surface area contributed by atoms with Gasteiger partial charge in [-0.15, -0.1) is 0 Å². The Morgan fingerprint density at radius 3 is 2.88 bits per heavy atom. The van der Waals surface area contributed by atoms with Gasteiger partial charge in [0.15, 0.2) is 11.5 Å². The van der Waals surface area contributed by atoms with Crippen molar-refractivity contribution in [1.29, 1.82) is 0 Å². The average molecular weight is 218 g/mol. The molecule has 84 valence electrons. The molecule has 4 heteroatoms. The third kappa shape index (κ3) is 1.78. The van der Waals surface area contributed by atoms with Crippen LogP contribution >= 0.6 is 0 Å². The second-order valence-corrected chi connectivity index (χ2v) is 3.73. The molecule has 1 aliphatic carbocycles. The van der Waals surface area contributed by atoms with Crippen molar-refractivity contribution in [2.24, 2.45) is 10.7 Å². The van der Waals surface area contributed by atoms with Crippen molar-refractivity contribution in [3.63, 3.8) is 0 Å². The van der Waals surface area contributed by atoms with Gasteiger partial charge in [-0.05, 0) is 25.0 Å².